The second kappa shape index (κ2) is 10.9. The largest absolute Gasteiger partial charge is 0.496 e. The van der Waals surface area contributed by atoms with Crippen LogP contribution in [0.5, 0.6) is 11.5 Å². The first-order valence-electron chi connectivity index (χ1n) is 10.9. The van der Waals surface area contributed by atoms with Gasteiger partial charge in [0.2, 0.25) is 5.91 Å². The van der Waals surface area contributed by atoms with E-state index in [9.17, 15) is 9.59 Å². The van der Waals surface area contributed by atoms with Gasteiger partial charge in [-0.25, -0.2) is 4.98 Å². The summed E-state index contributed by atoms with van der Waals surface area (Å²) < 4.78 is 12.5. The fraction of sp³-hybridized carbons (Fsp3) is 0.192. The molecule has 3 aromatic carbocycles. The van der Waals surface area contributed by atoms with E-state index in [1.807, 2.05) is 55.5 Å². The molecule has 0 aliphatic heterocycles. The number of amides is 1. The van der Waals surface area contributed by atoms with Crippen molar-refractivity contribution >= 4 is 34.3 Å². The first-order chi connectivity index (χ1) is 16.6. The van der Waals surface area contributed by atoms with E-state index in [-0.39, 0.29) is 23.8 Å². The van der Waals surface area contributed by atoms with Gasteiger partial charge < -0.3 is 14.8 Å². The van der Waals surface area contributed by atoms with E-state index in [1.165, 1.54) is 11.8 Å². The Morgan fingerprint density at radius 3 is 2.53 bits per heavy atom. The summed E-state index contributed by atoms with van der Waals surface area (Å²) in [6.07, 6.45) is 0. The van der Waals surface area contributed by atoms with Crippen molar-refractivity contribution in [3.8, 4) is 11.5 Å². The summed E-state index contributed by atoms with van der Waals surface area (Å²) in [6.45, 7) is 2.78. The molecule has 34 heavy (non-hydrogen) atoms. The zero-order chi connectivity index (χ0) is 23.9. The highest BCUT2D eigenvalue weighted by Gasteiger charge is 2.15. The number of benzene rings is 3. The predicted octanol–water partition coefficient (Wildman–Crippen LogP) is 4.58. The first-order valence-corrected chi connectivity index (χ1v) is 11.8. The molecule has 8 heteroatoms. The van der Waals surface area contributed by atoms with Crippen molar-refractivity contribution in [3.63, 3.8) is 0 Å². The van der Waals surface area contributed by atoms with Crippen LogP contribution in [0.1, 0.15) is 12.5 Å². The lowest BCUT2D eigenvalue weighted by atomic mass is 10.2. The van der Waals surface area contributed by atoms with Gasteiger partial charge in [0.15, 0.2) is 5.16 Å². The number of ether oxygens (including phenoxy) is 2. The van der Waals surface area contributed by atoms with Gasteiger partial charge in [-0.3, -0.25) is 14.2 Å². The van der Waals surface area contributed by atoms with Crippen LogP contribution in [0.4, 0.5) is 5.69 Å². The third-order valence-electron chi connectivity index (χ3n) is 5.13. The highest BCUT2D eigenvalue weighted by atomic mass is 32.2. The molecule has 0 saturated carbocycles. The second-order valence-corrected chi connectivity index (χ2v) is 8.35. The van der Waals surface area contributed by atoms with Crippen LogP contribution in [0.3, 0.4) is 0 Å². The number of anilines is 1. The molecule has 0 aliphatic rings. The Hall–Kier alpha value is -3.78. The van der Waals surface area contributed by atoms with Crippen LogP contribution < -0.4 is 20.3 Å². The number of fused-ring (bicyclic) bond motifs is 1. The summed E-state index contributed by atoms with van der Waals surface area (Å²) in [5.74, 6) is 1.34. The predicted molar refractivity (Wildman–Crippen MR) is 135 cm³/mol. The molecule has 1 aromatic heterocycles. The van der Waals surface area contributed by atoms with Crippen molar-refractivity contribution in [1.82, 2.24) is 9.55 Å². The van der Waals surface area contributed by atoms with Crippen LogP contribution >= 0.6 is 11.8 Å². The summed E-state index contributed by atoms with van der Waals surface area (Å²) >= 11 is 1.22. The van der Waals surface area contributed by atoms with Crippen LogP contribution in [0.25, 0.3) is 10.9 Å². The molecule has 0 saturated heterocycles. The van der Waals surface area contributed by atoms with Crippen molar-refractivity contribution in [1.29, 1.82) is 0 Å². The van der Waals surface area contributed by atoms with E-state index in [1.54, 1.807) is 35.9 Å². The smallest absolute Gasteiger partial charge is 0.262 e. The molecule has 1 amide bonds. The minimum atomic E-state index is -0.194. The maximum Gasteiger partial charge on any atom is 0.262 e. The highest BCUT2D eigenvalue weighted by molar-refractivity contribution is 7.99. The first kappa shape index (κ1) is 23.4. The number of methoxy groups -OCH3 is 1. The maximum atomic E-state index is 13.3. The number of hydrogen-bond acceptors (Lipinski definition) is 6. The van der Waals surface area contributed by atoms with E-state index in [2.05, 4.69) is 10.3 Å². The summed E-state index contributed by atoms with van der Waals surface area (Å²) in [5, 5.41) is 3.87. The van der Waals surface area contributed by atoms with Crippen LogP contribution in [-0.4, -0.2) is 34.9 Å². The second-order valence-electron chi connectivity index (χ2n) is 7.41. The summed E-state index contributed by atoms with van der Waals surface area (Å²) in [5.41, 5.74) is 1.96. The number of thioether (sulfide) groups is 1. The van der Waals surface area contributed by atoms with Crippen molar-refractivity contribution < 1.29 is 14.3 Å². The molecule has 0 bridgehead atoms. The molecule has 0 spiro atoms. The lowest BCUT2D eigenvalue weighted by molar-refractivity contribution is -0.113. The maximum absolute atomic E-state index is 13.3. The number of nitrogens with zero attached hydrogens (tertiary/aromatic N) is 2. The van der Waals surface area contributed by atoms with Gasteiger partial charge in [0.25, 0.3) is 5.56 Å². The molecular weight excluding hydrogens is 450 g/mol. The Kier molecular flexibility index (Phi) is 7.49. The Morgan fingerprint density at radius 1 is 1.03 bits per heavy atom. The van der Waals surface area contributed by atoms with Crippen molar-refractivity contribution in [2.45, 2.75) is 18.6 Å². The standard InChI is InChI=1S/C26H25N3O4S/c1-3-33-20-14-12-19(13-15-20)27-24(30)17-34-26-28-22-10-6-5-9-21(22)25(31)29(26)16-18-8-4-7-11-23(18)32-2/h4-15H,3,16-17H2,1-2H3,(H,27,30). The molecule has 4 aromatic rings. The monoisotopic (exact) mass is 475 g/mol. The van der Waals surface area contributed by atoms with Crippen LogP contribution in [0.2, 0.25) is 0 Å². The Morgan fingerprint density at radius 2 is 1.76 bits per heavy atom. The molecule has 7 nitrogen and oxygen atoms in total. The molecule has 0 radical (unpaired) electrons. The number of para-hydroxylation sites is 2. The topological polar surface area (TPSA) is 82.5 Å². The summed E-state index contributed by atoms with van der Waals surface area (Å²) in [7, 11) is 1.60. The summed E-state index contributed by atoms with van der Waals surface area (Å²) in [4.78, 5) is 30.6. The van der Waals surface area contributed by atoms with Crippen molar-refractivity contribution in [3.05, 3.63) is 88.7 Å². The molecule has 1 N–H and O–H groups in total. The van der Waals surface area contributed by atoms with E-state index < -0.39 is 0 Å². The van der Waals surface area contributed by atoms with Crippen LogP contribution in [0, 0.1) is 0 Å². The fourth-order valence-corrected chi connectivity index (χ4v) is 4.33. The van der Waals surface area contributed by atoms with Crippen LogP contribution in [0.15, 0.2) is 82.7 Å². The minimum absolute atomic E-state index is 0.101. The number of carbonyl (C=O) groups excluding carboxylic acids is 1. The number of hydrogen-bond donors (Lipinski definition) is 1. The normalized spacial score (nSPS) is 10.8. The van der Waals surface area contributed by atoms with E-state index >= 15 is 0 Å². The van der Waals surface area contributed by atoms with Gasteiger partial charge in [-0.1, -0.05) is 42.1 Å². The van der Waals surface area contributed by atoms with Crippen molar-refractivity contribution in [2.75, 3.05) is 24.8 Å². The molecule has 1 heterocycles. The molecule has 0 unspecified atom stereocenters. The Bertz CT molecular complexity index is 1350. The van der Waals surface area contributed by atoms with Gasteiger partial charge in [-0.2, -0.15) is 0 Å². The van der Waals surface area contributed by atoms with Gasteiger partial charge in [-0.05, 0) is 49.4 Å². The van der Waals surface area contributed by atoms with Crippen molar-refractivity contribution in [2.24, 2.45) is 0 Å². The lowest BCUT2D eigenvalue weighted by Crippen LogP contribution is -2.25. The number of nitrogens with one attached hydrogen (secondary N) is 1. The van der Waals surface area contributed by atoms with Gasteiger partial charge in [0.1, 0.15) is 11.5 Å². The average molecular weight is 476 g/mol. The quantitative estimate of drug-likeness (QED) is 0.282. The van der Waals surface area contributed by atoms with E-state index in [0.29, 0.717) is 34.1 Å². The SMILES string of the molecule is CCOc1ccc(NC(=O)CSc2nc3ccccc3c(=O)n2Cc2ccccc2OC)cc1. The van der Waals surface area contributed by atoms with Gasteiger partial charge >= 0.3 is 0 Å². The fourth-order valence-electron chi connectivity index (χ4n) is 3.53. The van der Waals surface area contributed by atoms with E-state index in [4.69, 9.17) is 9.47 Å². The molecule has 4 rings (SSSR count). The number of carbonyl (C=O) groups is 1. The van der Waals surface area contributed by atoms with Crippen LogP contribution in [-0.2, 0) is 11.3 Å². The number of aromatic nitrogens is 2. The Balaban J connectivity index is 1.57. The third kappa shape index (κ3) is 5.40. The zero-order valence-corrected chi connectivity index (χ0v) is 19.8. The van der Waals surface area contributed by atoms with Gasteiger partial charge in [0.05, 0.1) is 36.9 Å². The van der Waals surface area contributed by atoms with E-state index in [0.717, 1.165) is 11.3 Å². The molecule has 0 atom stereocenters. The third-order valence-corrected chi connectivity index (χ3v) is 6.11. The molecule has 0 aliphatic carbocycles. The molecule has 174 valence electrons. The average Bonchev–Trinajstić information content (AvgIpc) is 2.86. The Labute approximate surface area is 201 Å². The number of rotatable bonds is 9. The summed E-state index contributed by atoms with van der Waals surface area (Å²) in [6, 6.07) is 22.0. The van der Waals surface area contributed by atoms with Gasteiger partial charge in [-0.15, -0.1) is 0 Å². The molecular formula is C26H25N3O4S. The highest BCUT2D eigenvalue weighted by Crippen LogP contribution is 2.23. The lowest BCUT2D eigenvalue weighted by Gasteiger charge is -2.15. The molecule has 0 fully saturated rings. The van der Waals surface area contributed by atoms with Gasteiger partial charge in [0, 0.05) is 11.3 Å². The zero-order valence-electron chi connectivity index (χ0n) is 19.0. The minimum Gasteiger partial charge on any atom is -0.496 e.